The van der Waals surface area contributed by atoms with Crippen LogP contribution in [0, 0.1) is 23.0 Å². The lowest BCUT2D eigenvalue weighted by Crippen LogP contribution is -2.47. The van der Waals surface area contributed by atoms with E-state index in [1.54, 1.807) is 23.1 Å². The summed E-state index contributed by atoms with van der Waals surface area (Å²) in [7, 11) is 0. The van der Waals surface area contributed by atoms with Gasteiger partial charge >= 0.3 is 5.97 Å². The van der Waals surface area contributed by atoms with E-state index in [2.05, 4.69) is 11.0 Å². The van der Waals surface area contributed by atoms with E-state index in [1.165, 1.54) is 16.7 Å². The number of carboxylic acids is 1. The number of hydrogen-bond donors (Lipinski definition) is 1. The summed E-state index contributed by atoms with van der Waals surface area (Å²) in [5.41, 5.74) is 0.624. The molecule has 0 amide bonds. The van der Waals surface area contributed by atoms with Crippen LogP contribution >= 0.6 is 11.6 Å². The van der Waals surface area contributed by atoms with Crippen molar-refractivity contribution in [1.82, 2.24) is 9.47 Å². The van der Waals surface area contributed by atoms with E-state index in [-0.39, 0.29) is 27.3 Å². The van der Waals surface area contributed by atoms with Gasteiger partial charge in [0.05, 0.1) is 38.6 Å². The number of hydrogen-bond acceptors (Lipinski definition) is 6. The van der Waals surface area contributed by atoms with Crippen LogP contribution in [0.2, 0.25) is 5.02 Å². The number of para-hydroxylation sites is 1. The molecule has 220 valence electrons. The third-order valence-corrected chi connectivity index (χ3v) is 8.58. The zero-order valence-electron chi connectivity index (χ0n) is 23.2. The number of halogens is 3. The summed E-state index contributed by atoms with van der Waals surface area (Å²) in [6.07, 6.45) is 3.25. The van der Waals surface area contributed by atoms with Crippen LogP contribution in [0.25, 0.3) is 16.6 Å². The number of carboxylic acid groups (broad SMARTS) is 1. The second-order valence-corrected chi connectivity index (χ2v) is 11.2. The Bertz CT molecular complexity index is 1840. The molecule has 0 atom stereocenters. The van der Waals surface area contributed by atoms with Crippen LogP contribution in [0.1, 0.15) is 34.3 Å². The van der Waals surface area contributed by atoms with Gasteiger partial charge in [-0.1, -0.05) is 29.8 Å². The zero-order valence-corrected chi connectivity index (χ0v) is 23.9. The molecule has 1 N–H and O–H groups in total. The Hall–Kier alpha value is -4.46. The van der Waals surface area contributed by atoms with Gasteiger partial charge in [0.25, 0.3) is 0 Å². The van der Waals surface area contributed by atoms with E-state index < -0.39 is 28.6 Å². The monoisotopic (exact) mass is 603 g/mol. The van der Waals surface area contributed by atoms with E-state index in [4.69, 9.17) is 11.6 Å². The van der Waals surface area contributed by atoms with Gasteiger partial charge in [-0.15, -0.1) is 0 Å². The molecule has 2 aliphatic heterocycles. The summed E-state index contributed by atoms with van der Waals surface area (Å²) in [5.74, 6) is -2.92. The minimum Gasteiger partial charge on any atom is -0.477 e. The zero-order chi connectivity index (χ0) is 30.2. The number of piperazine rings is 1. The van der Waals surface area contributed by atoms with Gasteiger partial charge in [-0.05, 0) is 61.8 Å². The molecule has 6 rings (SSSR count). The fraction of sp³-hybridized carbons (Fsp3) is 0.281. The van der Waals surface area contributed by atoms with E-state index in [0.29, 0.717) is 38.3 Å². The smallest absolute Gasteiger partial charge is 0.341 e. The van der Waals surface area contributed by atoms with Crippen molar-refractivity contribution in [1.29, 1.82) is 5.26 Å². The van der Waals surface area contributed by atoms with Crippen molar-refractivity contribution in [2.75, 3.05) is 49.1 Å². The first-order valence-corrected chi connectivity index (χ1v) is 14.5. The Morgan fingerprint density at radius 3 is 2.30 bits per heavy atom. The molecule has 0 saturated carbocycles. The van der Waals surface area contributed by atoms with Crippen LogP contribution < -0.4 is 15.2 Å². The molecule has 3 heterocycles. The van der Waals surface area contributed by atoms with Gasteiger partial charge in [0.1, 0.15) is 23.3 Å². The van der Waals surface area contributed by atoms with Crippen LogP contribution in [0.3, 0.4) is 0 Å². The average molecular weight is 604 g/mol. The van der Waals surface area contributed by atoms with Crippen molar-refractivity contribution < 1.29 is 18.7 Å². The lowest BCUT2D eigenvalue weighted by Gasteiger charge is -2.38. The first-order chi connectivity index (χ1) is 20.8. The Kier molecular flexibility index (Phi) is 7.77. The molecule has 3 aromatic carbocycles. The lowest BCUT2D eigenvalue weighted by atomic mass is 10.1. The van der Waals surface area contributed by atoms with Crippen molar-refractivity contribution in [3.05, 3.63) is 98.3 Å². The fourth-order valence-electron chi connectivity index (χ4n) is 6.09. The van der Waals surface area contributed by atoms with E-state index >= 15 is 8.78 Å². The van der Waals surface area contributed by atoms with Crippen LogP contribution in [0.4, 0.5) is 20.2 Å². The Labute approximate surface area is 251 Å². The van der Waals surface area contributed by atoms with E-state index in [1.807, 2.05) is 17.0 Å². The Morgan fingerprint density at radius 2 is 1.63 bits per heavy atom. The van der Waals surface area contributed by atoms with E-state index in [0.717, 1.165) is 49.4 Å². The number of nitrogens with zero attached hydrogens (tertiary/aromatic N) is 5. The number of nitriles is 1. The summed E-state index contributed by atoms with van der Waals surface area (Å²) >= 11 is 6.86. The van der Waals surface area contributed by atoms with Gasteiger partial charge in [-0.25, -0.2) is 13.6 Å². The van der Waals surface area contributed by atoms with Crippen molar-refractivity contribution >= 4 is 39.8 Å². The topological polar surface area (TPSA) is 92.8 Å². The number of carbonyl (C=O) groups is 1. The van der Waals surface area contributed by atoms with Gasteiger partial charge < -0.3 is 19.5 Å². The maximum absolute atomic E-state index is 15.7. The fourth-order valence-corrected chi connectivity index (χ4v) is 6.50. The third-order valence-electron chi connectivity index (χ3n) is 8.22. The van der Waals surface area contributed by atoms with Gasteiger partial charge in [-0.2, -0.15) is 5.26 Å². The number of benzene rings is 3. The van der Waals surface area contributed by atoms with Crippen LogP contribution in [0.15, 0.2) is 59.5 Å². The first kappa shape index (κ1) is 28.6. The second-order valence-electron chi connectivity index (χ2n) is 10.8. The maximum Gasteiger partial charge on any atom is 0.341 e. The SMILES string of the molecule is N#Cc1ccccc1N1CCN(c2c(F)cc3c(=O)c(C(=O)O)cn(-c4ccc(CN5CCCC5)cc4F)c3c2Cl)CC1. The highest BCUT2D eigenvalue weighted by molar-refractivity contribution is 6.38. The molecule has 0 bridgehead atoms. The number of pyridine rings is 1. The maximum atomic E-state index is 15.7. The first-order valence-electron chi connectivity index (χ1n) is 14.1. The lowest BCUT2D eigenvalue weighted by molar-refractivity contribution is 0.0695. The number of anilines is 2. The van der Waals surface area contributed by atoms with Crippen molar-refractivity contribution in [2.24, 2.45) is 0 Å². The van der Waals surface area contributed by atoms with Gasteiger partial charge in [0, 0.05) is 38.9 Å². The molecular formula is C32H28ClF2N5O3. The largest absolute Gasteiger partial charge is 0.477 e. The molecule has 0 spiro atoms. The molecule has 8 nitrogen and oxygen atoms in total. The summed E-state index contributed by atoms with van der Waals surface area (Å²) in [5, 5.41) is 18.9. The highest BCUT2D eigenvalue weighted by Gasteiger charge is 2.28. The van der Waals surface area contributed by atoms with Crippen molar-refractivity contribution in [3.8, 4) is 11.8 Å². The number of fused-ring (bicyclic) bond motifs is 1. The number of aromatic carboxylic acids is 1. The minimum atomic E-state index is -1.51. The highest BCUT2D eigenvalue weighted by atomic mass is 35.5. The molecule has 2 fully saturated rings. The van der Waals surface area contributed by atoms with Gasteiger partial charge in [0.2, 0.25) is 5.43 Å². The quantitative estimate of drug-likeness (QED) is 0.315. The predicted molar refractivity (Wildman–Crippen MR) is 162 cm³/mol. The molecule has 11 heteroatoms. The molecule has 1 aromatic heterocycles. The molecule has 2 saturated heterocycles. The number of likely N-dealkylation sites (tertiary alicyclic amines) is 1. The van der Waals surface area contributed by atoms with Gasteiger partial charge in [-0.3, -0.25) is 9.69 Å². The minimum absolute atomic E-state index is 0.00457. The molecular weight excluding hydrogens is 576 g/mol. The van der Waals surface area contributed by atoms with Crippen LogP contribution in [-0.2, 0) is 6.54 Å². The molecule has 4 aromatic rings. The molecule has 43 heavy (non-hydrogen) atoms. The third kappa shape index (κ3) is 5.31. The summed E-state index contributed by atoms with van der Waals surface area (Å²) < 4.78 is 32.6. The molecule has 0 unspecified atom stereocenters. The Morgan fingerprint density at radius 1 is 0.930 bits per heavy atom. The summed E-state index contributed by atoms with van der Waals surface area (Å²) in [4.78, 5) is 31.2. The Balaban J connectivity index is 1.42. The normalized spacial score (nSPS) is 15.7. The molecule has 0 radical (unpaired) electrons. The summed E-state index contributed by atoms with van der Waals surface area (Å²) in [6.45, 7) is 4.15. The number of aromatic nitrogens is 1. The second kappa shape index (κ2) is 11.7. The summed E-state index contributed by atoms with van der Waals surface area (Å²) in [6, 6.07) is 15.1. The van der Waals surface area contributed by atoms with E-state index in [9.17, 15) is 20.0 Å². The highest BCUT2D eigenvalue weighted by Crippen LogP contribution is 2.38. The van der Waals surface area contributed by atoms with Crippen LogP contribution in [0.5, 0.6) is 0 Å². The average Bonchev–Trinajstić information content (AvgIpc) is 3.51. The van der Waals surface area contributed by atoms with Crippen molar-refractivity contribution in [3.63, 3.8) is 0 Å². The molecule has 0 aliphatic carbocycles. The molecule has 2 aliphatic rings. The standard InChI is InChI=1S/C32H28ClF2N5O3/c33-28-29-22(16-25(35)30(28)39-13-11-38(12-14-39)26-6-2-1-5-21(26)17-36)31(41)23(32(42)43)19-40(29)27-8-7-20(15-24(27)34)18-37-9-3-4-10-37/h1-2,5-8,15-16,19H,3-4,9-14,18H2,(H,42,43). The predicted octanol–water partition coefficient (Wildman–Crippen LogP) is 5.41. The van der Waals surface area contributed by atoms with Gasteiger partial charge in [0.15, 0.2) is 0 Å². The van der Waals surface area contributed by atoms with Crippen molar-refractivity contribution in [2.45, 2.75) is 19.4 Å². The van der Waals surface area contributed by atoms with Crippen LogP contribution in [-0.4, -0.2) is 59.8 Å². The number of rotatable bonds is 6.